The minimum Gasteiger partial charge on any atom is -0.453 e. The van der Waals surface area contributed by atoms with Crippen LogP contribution in [0.2, 0.25) is 0 Å². The second kappa shape index (κ2) is 15.0. The van der Waals surface area contributed by atoms with Crippen molar-refractivity contribution < 1.29 is 22.5 Å². The predicted molar refractivity (Wildman–Crippen MR) is 163 cm³/mol. The second-order valence-electron chi connectivity index (χ2n) is 9.89. The van der Waals surface area contributed by atoms with Gasteiger partial charge in [0.2, 0.25) is 0 Å². The number of rotatable bonds is 9. The molecule has 0 aliphatic rings. The topological polar surface area (TPSA) is 83.9 Å². The molecule has 4 aromatic carbocycles. The molecular formula is C32H38ClNO5S. The van der Waals surface area contributed by atoms with Crippen LogP contribution in [-0.2, 0) is 31.7 Å². The first kappa shape index (κ1) is 33.0. The number of carbonyl (C=O) groups excluding carboxylic acids is 1. The minimum absolute atomic E-state index is 0. The first-order valence-electron chi connectivity index (χ1n) is 13.0. The quantitative estimate of drug-likeness (QED) is 0.173. The molecule has 0 saturated carbocycles. The van der Waals surface area contributed by atoms with Gasteiger partial charge in [0.25, 0.3) is 10.1 Å². The number of hydrogen-bond acceptors (Lipinski definition) is 5. The molecule has 2 atom stereocenters. The number of benzene rings is 4. The van der Waals surface area contributed by atoms with Crippen molar-refractivity contribution in [2.45, 2.75) is 37.2 Å². The molecule has 0 heterocycles. The zero-order chi connectivity index (χ0) is 28.5. The van der Waals surface area contributed by atoms with Gasteiger partial charge in [-0.25, -0.2) is 0 Å². The van der Waals surface area contributed by atoms with Gasteiger partial charge in [0.15, 0.2) is 0 Å². The standard InChI is InChI=1S/C22H29NO2.C10H8O3S.ClH/c1-5-21(24)25-22(18(2)17-23(3)4,20-14-10-7-11-15-20)16-19-12-8-6-9-13-19;11-14(12,13)10-6-5-8-3-1-2-4-9(8)7-10;/h6-15,18H,5,16-17H2,1-4H3;1-7H,(H,11,12,13);1H/t18-,22-;;/m1../s1. The summed E-state index contributed by atoms with van der Waals surface area (Å²) in [6, 6.07) is 32.3. The van der Waals surface area contributed by atoms with Crippen LogP contribution in [0.1, 0.15) is 31.4 Å². The molecule has 8 heteroatoms. The van der Waals surface area contributed by atoms with Crippen molar-refractivity contribution in [2.75, 3.05) is 20.6 Å². The summed E-state index contributed by atoms with van der Waals surface area (Å²) in [5.41, 5.74) is 1.54. The van der Waals surface area contributed by atoms with Crippen LogP contribution in [-0.4, -0.2) is 44.5 Å². The maximum absolute atomic E-state index is 12.3. The Labute approximate surface area is 244 Å². The fourth-order valence-electron chi connectivity index (χ4n) is 4.67. The Hall–Kier alpha value is -3.23. The normalized spacial score (nSPS) is 13.3. The summed E-state index contributed by atoms with van der Waals surface area (Å²) in [5.74, 6) is -0.0222. The van der Waals surface area contributed by atoms with E-state index in [0.717, 1.165) is 22.9 Å². The molecule has 6 nitrogen and oxygen atoms in total. The smallest absolute Gasteiger partial charge is 0.306 e. The summed E-state index contributed by atoms with van der Waals surface area (Å²) in [5, 5.41) is 1.74. The molecule has 0 aromatic heterocycles. The van der Waals surface area contributed by atoms with Gasteiger partial charge in [-0.15, -0.1) is 12.4 Å². The first-order chi connectivity index (χ1) is 18.5. The zero-order valence-electron chi connectivity index (χ0n) is 23.4. The Morgan fingerprint density at radius 1 is 0.875 bits per heavy atom. The Morgan fingerprint density at radius 3 is 1.98 bits per heavy atom. The summed E-state index contributed by atoms with van der Waals surface area (Å²) < 4.78 is 36.7. The second-order valence-corrected chi connectivity index (χ2v) is 11.3. The lowest BCUT2D eigenvalue weighted by Gasteiger charge is -2.40. The van der Waals surface area contributed by atoms with Crippen molar-refractivity contribution in [3.63, 3.8) is 0 Å². The van der Waals surface area contributed by atoms with Crippen LogP contribution >= 0.6 is 12.4 Å². The molecule has 4 aromatic rings. The van der Waals surface area contributed by atoms with Crippen LogP contribution in [0.3, 0.4) is 0 Å². The van der Waals surface area contributed by atoms with E-state index in [2.05, 4.69) is 50.2 Å². The third kappa shape index (κ3) is 8.89. The average Bonchev–Trinajstić information content (AvgIpc) is 2.92. The highest BCUT2D eigenvalue weighted by Gasteiger charge is 2.42. The van der Waals surface area contributed by atoms with Gasteiger partial charge in [-0.3, -0.25) is 9.35 Å². The number of hydrogen-bond donors (Lipinski definition) is 1. The van der Waals surface area contributed by atoms with Crippen LogP contribution in [0.4, 0.5) is 0 Å². The Kier molecular flexibility index (Phi) is 12.3. The molecule has 214 valence electrons. The van der Waals surface area contributed by atoms with Gasteiger partial charge < -0.3 is 9.64 Å². The highest BCUT2D eigenvalue weighted by Crippen LogP contribution is 2.38. The van der Waals surface area contributed by atoms with Gasteiger partial charge in [-0.05, 0) is 48.1 Å². The fraction of sp³-hybridized carbons (Fsp3) is 0.281. The van der Waals surface area contributed by atoms with Gasteiger partial charge in [0, 0.05) is 25.3 Å². The van der Waals surface area contributed by atoms with Crippen LogP contribution in [0.5, 0.6) is 0 Å². The van der Waals surface area contributed by atoms with E-state index < -0.39 is 15.7 Å². The molecule has 0 unspecified atom stereocenters. The number of carbonyl (C=O) groups is 1. The molecule has 0 bridgehead atoms. The van der Waals surface area contributed by atoms with E-state index in [0.29, 0.717) is 12.8 Å². The predicted octanol–water partition coefficient (Wildman–Crippen LogP) is 6.78. The number of halogens is 1. The summed E-state index contributed by atoms with van der Waals surface area (Å²) in [7, 11) is 0.00971. The monoisotopic (exact) mass is 583 g/mol. The SMILES string of the molecule is CCC(=O)O[C@@](Cc1ccccc1)(c1ccccc1)[C@H](C)CN(C)C.Cl.O=S(=O)(O)c1ccc2ccccc2c1. The number of nitrogens with zero attached hydrogens (tertiary/aromatic N) is 1. The third-order valence-corrected chi connectivity index (χ3v) is 7.46. The van der Waals surface area contributed by atoms with Crippen molar-refractivity contribution in [3.8, 4) is 0 Å². The van der Waals surface area contributed by atoms with E-state index in [1.54, 1.807) is 12.1 Å². The lowest BCUT2D eigenvalue weighted by Crippen LogP contribution is -2.44. The Morgan fingerprint density at radius 2 is 1.43 bits per heavy atom. The van der Waals surface area contributed by atoms with Crippen LogP contribution < -0.4 is 0 Å². The van der Waals surface area contributed by atoms with Crippen LogP contribution in [0.25, 0.3) is 10.8 Å². The highest BCUT2D eigenvalue weighted by atomic mass is 35.5. The molecule has 4 rings (SSSR count). The van der Waals surface area contributed by atoms with Gasteiger partial charge in [0.05, 0.1) is 4.90 Å². The van der Waals surface area contributed by atoms with Crippen molar-refractivity contribution in [1.29, 1.82) is 0 Å². The zero-order valence-corrected chi connectivity index (χ0v) is 25.0. The molecule has 0 saturated heterocycles. The van der Waals surface area contributed by atoms with Crippen LogP contribution in [0.15, 0.2) is 108 Å². The lowest BCUT2D eigenvalue weighted by atomic mass is 9.77. The molecule has 0 radical (unpaired) electrons. The highest BCUT2D eigenvalue weighted by molar-refractivity contribution is 7.85. The number of ether oxygens (including phenoxy) is 1. The lowest BCUT2D eigenvalue weighted by molar-refractivity contribution is -0.168. The van der Waals surface area contributed by atoms with Gasteiger partial charge in [-0.1, -0.05) is 105 Å². The molecule has 1 N–H and O–H groups in total. The van der Waals surface area contributed by atoms with Crippen LogP contribution in [0, 0.1) is 5.92 Å². The summed E-state index contributed by atoms with van der Waals surface area (Å²) in [6.07, 6.45) is 1.04. The molecule has 0 aliphatic carbocycles. The van der Waals surface area contributed by atoms with E-state index >= 15 is 0 Å². The van der Waals surface area contributed by atoms with Crippen molar-refractivity contribution in [3.05, 3.63) is 114 Å². The molecule has 40 heavy (non-hydrogen) atoms. The molecule has 0 amide bonds. The van der Waals surface area contributed by atoms with Gasteiger partial charge >= 0.3 is 5.97 Å². The maximum atomic E-state index is 12.3. The van der Waals surface area contributed by atoms with E-state index in [4.69, 9.17) is 9.29 Å². The molecule has 0 spiro atoms. The Balaban J connectivity index is 0.000000316. The minimum atomic E-state index is -4.09. The van der Waals surface area contributed by atoms with Gasteiger partial charge in [-0.2, -0.15) is 8.42 Å². The van der Waals surface area contributed by atoms with Crippen molar-refractivity contribution in [2.24, 2.45) is 5.92 Å². The Bertz CT molecular complexity index is 1460. The summed E-state index contributed by atoms with van der Waals surface area (Å²) >= 11 is 0. The van der Waals surface area contributed by atoms with E-state index in [1.807, 2.05) is 61.5 Å². The van der Waals surface area contributed by atoms with Crippen molar-refractivity contribution >= 4 is 39.3 Å². The summed E-state index contributed by atoms with van der Waals surface area (Å²) in [4.78, 5) is 14.4. The first-order valence-corrected chi connectivity index (χ1v) is 14.4. The number of esters is 1. The number of fused-ring (bicyclic) bond motifs is 1. The third-order valence-electron chi connectivity index (χ3n) is 6.61. The molecule has 0 aliphatic heterocycles. The van der Waals surface area contributed by atoms with E-state index in [-0.39, 0.29) is 29.2 Å². The molecular weight excluding hydrogens is 546 g/mol. The van der Waals surface area contributed by atoms with Crippen molar-refractivity contribution in [1.82, 2.24) is 4.90 Å². The summed E-state index contributed by atoms with van der Waals surface area (Å²) in [6.45, 7) is 4.84. The average molecular weight is 584 g/mol. The molecule has 0 fully saturated rings. The fourth-order valence-corrected chi connectivity index (χ4v) is 5.19. The maximum Gasteiger partial charge on any atom is 0.306 e. The van der Waals surface area contributed by atoms with E-state index in [1.165, 1.54) is 17.7 Å². The van der Waals surface area contributed by atoms with E-state index in [9.17, 15) is 13.2 Å². The van der Waals surface area contributed by atoms with Gasteiger partial charge in [0.1, 0.15) is 5.60 Å². The largest absolute Gasteiger partial charge is 0.453 e.